The summed E-state index contributed by atoms with van der Waals surface area (Å²) >= 11 is 3.16. The normalized spacial score (nSPS) is 11.6. The molecular formula is C9H7BrF3N5. The van der Waals surface area contributed by atoms with Gasteiger partial charge in [-0.25, -0.2) is 14.6 Å². The molecule has 1 N–H and O–H groups in total. The number of aromatic nitrogens is 4. The SMILES string of the molecule is CNc1cc(-n2cc(Br)cn2)nc(C(F)(F)F)n1. The molecule has 0 fully saturated rings. The van der Waals surface area contributed by atoms with Gasteiger partial charge >= 0.3 is 6.18 Å². The molecule has 0 spiro atoms. The Bertz CT molecular complexity index is 566. The van der Waals surface area contributed by atoms with Crippen molar-refractivity contribution < 1.29 is 13.2 Å². The van der Waals surface area contributed by atoms with Crippen molar-refractivity contribution in [2.24, 2.45) is 0 Å². The standard InChI is InChI=1S/C9H7BrF3N5/c1-14-6-2-7(18-4-5(10)3-15-18)17-8(16-6)9(11,12)13/h2-4H,1H3,(H,14,16,17). The molecular weight excluding hydrogens is 315 g/mol. The molecule has 0 radical (unpaired) electrons. The van der Waals surface area contributed by atoms with Crippen LogP contribution < -0.4 is 5.32 Å². The Labute approximate surface area is 108 Å². The molecule has 0 aromatic carbocycles. The third-order valence-electron chi connectivity index (χ3n) is 2.01. The van der Waals surface area contributed by atoms with E-state index in [1.54, 1.807) is 0 Å². The van der Waals surface area contributed by atoms with E-state index in [0.29, 0.717) is 4.47 Å². The minimum Gasteiger partial charge on any atom is -0.373 e. The van der Waals surface area contributed by atoms with Crippen molar-refractivity contribution in [1.82, 2.24) is 19.7 Å². The van der Waals surface area contributed by atoms with Crippen LogP contribution in [0, 0.1) is 0 Å². The lowest BCUT2D eigenvalue weighted by Crippen LogP contribution is -2.14. The van der Waals surface area contributed by atoms with E-state index in [2.05, 4.69) is 36.3 Å². The van der Waals surface area contributed by atoms with E-state index >= 15 is 0 Å². The molecule has 0 aliphatic rings. The third-order valence-corrected chi connectivity index (χ3v) is 2.42. The fourth-order valence-electron chi connectivity index (χ4n) is 1.23. The average Bonchev–Trinajstić information content (AvgIpc) is 2.74. The lowest BCUT2D eigenvalue weighted by Gasteiger charge is -2.09. The van der Waals surface area contributed by atoms with Gasteiger partial charge in [0.25, 0.3) is 0 Å². The van der Waals surface area contributed by atoms with Gasteiger partial charge in [-0.2, -0.15) is 18.3 Å². The molecule has 0 unspecified atom stereocenters. The summed E-state index contributed by atoms with van der Waals surface area (Å²) in [5.74, 6) is -1.11. The highest BCUT2D eigenvalue weighted by Crippen LogP contribution is 2.28. The molecule has 2 aromatic rings. The first-order chi connectivity index (χ1) is 8.40. The predicted molar refractivity (Wildman–Crippen MR) is 61.4 cm³/mol. The molecule has 0 aliphatic heterocycles. The average molecular weight is 322 g/mol. The van der Waals surface area contributed by atoms with Crippen molar-refractivity contribution in [3.8, 4) is 5.82 Å². The van der Waals surface area contributed by atoms with Gasteiger partial charge in [-0.05, 0) is 15.9 Å². The molecule has 18 heavy (non-hydrogen) atoms. The van der Waals surface area contributed by atoms with Crippen LogP contribution in [0.25, 0.3) is 5.82 Å². The first kappa shape index (κ1) is 12.8. The van der Waals surface area contributed by atoms with Crippen LogP contribution in [-0.4, -0.2) is 26.8 Å². The summed E-state index contributed by atoms with van der Waals surface area (Å²) in [6.07, 6.45) is -1.65. The van der Waals surface area contributed by atoms with Gasteiger partial charge in [-0.15, -0.1) is 0 Å². The maximum Gasteiger partial charge on any atom is 0.451 e. The van der Waals surface area contributed by atoms with Crippen LogP contribution in [0.5, 0.6) is 0 Å². The maximum absolute atomic E-state index is 12.6. The molecule has 0 saturated carbocycles. The van der Waals surface area contributed by atoms with Gasteiger partial charge in [0.05, 0.1) is 10.7 Å². The summed E-state index contributed by atoms with van der Waals surface area (Å²) in [4.78, 5) is 6.80. The van der Waals surface area contributed by atoms with E-state index in [4.69, 9.17) is 0 Å². The third kappa shape index (κ3) is 2.61. The second-order valence-corrected chi connectivity index (χ2v) is 4.20. The predicted octanol–water partition coefficient (Wildman–Crippen LogP) is 2.49. The Kier molecular flexibility index (Phi) is 3.24. The Balaban J connectivity index is 2.54. The zero-order chi connectivity index (χ0) is 13.3. The smallest absolute Gasteiger partial charge is 0.373 e. The summed E-state index contributed by atoms with van der Waals surface area (Å²) in [5, 5.41) is 6.42. The molecule has 0 atom stereocenters. The van der Waals surface area contributed by atoms with Gasteiger partial charge in [0.2, 0.25) is 5.82 Å². The number of nitrogens with one attached hydrogen (secondary N) is 1. The Morgan fingerprint density at radius 1 is 1.33 bits per heavy atom. The lowest BCUT2D eigenvalue weighted by atomic mass is 10.4. The molecule has 0 amide bonds. The number of hydrogen-bond acceptors (Lipinski definition) is 4. The summed E-state index contributed by atoms with van der Waals surface area (Å²) in [6, 6.07) is 1.37. The van der Waals surface area contributed by atoms with E-state index < -0.39 is 12.0 Å². The number of alkyl halides is 3. The van der Waals surface area contributed by atoms with Crippen LogP contribution in [0.2, 0.25) is 0 Å². The Hall–Kier alpha value is -1.64. The molecule has 0 bridgehead atoms. The van der Waals surface area contributed by atoms with E-state index in [0.717, 1.165) is 0 Å². The number of rotatable bonds is 2. The number of halogens is 4. The fourth-order valence-corrected chi connectivity index (χ4v) is 1.52. The van der Waals surface area contributed by atoms with Gasteiger partial charge in [0, 0.05) is 19.3 Å². The lowest BCUT2D eigenvalue weighted by molar-refractivity contribution is -0.144. The van der Waals surface area contributed by atoms with Crippen LogP contribution in [-0.2, 0) is 6.18 Å². The first-order valence-electron chi connectivity index (χ1n) is 4.75. The largest absolute Gasteiger partial charge is 0.451 e. The number of anilines is 1. The molecule has 0 saturated heterocycles. The highest BCUT2D eigenvalue weighted by molar-refractivity contribution is 9.10. The molecule has 0 aliphatic carbocycles. The number of nitrogens with zero attached hydrogens (tertiary/aromatic N) is 4. The fraction of sp³-hybridized carbons (Fsp3) is 0.222. The van der Waals surface area contributed by atoms with E-state index in [9.17, 15) is 13.2 Å². The topological polar surface area (TPSA) is 55.6 Å². The zero-order valence-corrected chi connectivity index (χ0v) is 10.6. The van der Waals surface area contributed by atoms with Gasteiger partial charge < -0.3 is 5.32 Å². The Morgan fingerprint density at radius 2 is 2.06 bits per heavy atom. The number of hydrogen-bond donors (Lipinski definition) is 1. The molecule has 9 heteroatoms. The van der Waals surface area contributed by atoms with E-state index in [1.807, 2.05) is 0 Å². The maximum atomic E-state index is 12.6. The molecule has 2 rings (SSSR count). The summed E-state index contributed by atoms with van der Waals surface area (Å²) in [5.41, 5.74) is 0. The Morgan fingerprint density at radius 3 is 2.56 bits per heavy atom. The molecule has 96 valence electrons. The minimum atomic E-state index is -4.61. The molecule has 2 heterocycles. The zero-order valence-electron chi connectivity index (χ0n) is 9.03. The first-order valence-corrected chi connectivity index (χ1v) is 5.54. The van der Waals surface area contributed by atoms with Crippen molar-refractivity contribution >= 4 is 21.7 Å². The molecule has 5 nitrogen and oxygen atoms in total. The van der Waals surface area contributed by atoms with Crippen LogP contribution in [0.4, 0.5) is 19.0 Å². The van der Waals surface area contributed by atoms with Crippen LogP contribution >= 0.6 is 15.9 Å². The van der Waals surface area contributed by atoms with E-state index in [-0.39, 0.29) is 11.6 Å². The minimum absolute atomic E-state index is 0.0346. The second kappa shape index (κ2) is 4.56. The molecule has 2 aromatic heterocycles. The highest BCUT2D eigenvalue weighted by atomic mass is 79.9. The van der Waals surface area contributed by atoms with Crippen molar-refractivity contribution in [2.75, 3.05) is 12.4 Å². The summed E-state index contributed by atoms with van der Waals surface area (Å²) < 4.78 is 39.7. The summed E-state index contributed by atoms with van der Waals surface area (Å²) in [6.45, 7) is 0. The highest BCUT2D eigenvalue weighted by Gasteiger charge is 2.35. The van der Waals surface area contributed by atoms with Gasteiger partial charge in [-0.3, -0.25) is 0 Å². The summed E-state index contributed by atoms with van der Waals surface area (Å²) in [7, 11) is 1.48. The monoisotopic (exact) mass is 321 g/mol. The quantitative estimate of drug-likeness (QED) is 0.923. The van der Waals surface area contributed by atoms with Crippen molar-refractivity contribution in [1.29, 1.82) is 0 Å². The van der Waals surface area contributed by atoms with Crippen molar-refractivity contribution in [2.45, 2.75) is 6.18 Å². The van der Waals surface area contributed by atoms with E-state index in [1.165, 1.54) is 30.2 Å². The van der Waals surface area contributed by atoms with Crippen molar-refractivity contribution in [3.05, 3.63) is 28.8 Å². The second-order valence-electron chi connectivity index (χ2n) is 3.29. The van der Waals surface area contributed by atoms with Crippen molar-refractivity contribution in [3.63, 3.8) is 0 Å². The van der Waals surface area contributed by atoms with Gasteiger partial charge in [0.1, 0.15) is 5.82 Å². The van der Waals surface area contributed by atoms with Crippen LogP contribution in [0.15, 0.2) is 22.9 Å². The van der Waals surface area contributed by atoms with Crippen LogP contribution in [0.3, 0.4) is 0 Å². The van der Waals surface area contributed by atoms with Gasteiger partial charge in [0.15, 0.2) is 5.82 Å². The van der Waals surface area contributed by atoms with Gasteiger partial charge in [-0.1, -0.05) is 0 Å². The van der Waals surface area contributed by atoms with Crippen LogP contribution in [0.1, 0.15) is 5.82 Å².